The number of urea groups is 1. The minimum atomic E-state index is -0.0740. The Hall–Kier alpha value is -1.24. The molecule has 0 unspecified atom stereocenters. The third-order valence-corrected chi connectivity index (χ3v) is 4.56. The van der Waals surface area contributed by atoms with Gasteiger partial charge in [-0.3, -0.25) is 4.90 Å². The lowest BCUT2D eigenvalue weighted by Gasteiger charge is -2.38. The van der Waals surface area contributed by atoms with Gasteiger partial charge >= 0.3 is 6.03 Å². The number of nitrogens with one attached hydrogen (secondary N) is 1. The summed E-state index contributed by atoms with van der Waals surface area (Å²) in [5.41, 5.74) is 1.00. The Morgan fingerprint density at radius 1 is 1.61 bits per heavy atom. The number of amides is 2. The lowest BCUT2D eigenvalue weighted by molar-refractivity contribution is -0.0177. The zero-order chi connectivity index (χ0) is 17.0. The second kappa shape index (κ2) is 8.04. The molecular formula is C16H27ClN4O2. The van der Waals surface area contributed by atoms with Gasteiger partial charge in [-0.05, 0) is 19.9 Å². The van der Waals surface area contributed by atoms with E-state index >= 15 is 0 Å². The molecule has 2 heterocycles. The van der Waals surface area contributed by atoms with E-state index in [0.29, 0.717) is 24.2 Å². The molecule has 23 heavy (non-hydrogen) atoms. The monoisotopic (exact) mass is 342 g/mol. The Bertz CT molecular complexity index is 534. The van der Waals surface area contributed by atoms with Crippen molar-refractivity contribution in [1.82, 2.24) is 19.7 Å². The van der Waals surface area contributed by atoms with Crippen LogP contribution in [0.25, 0.3) is 0 Å². The number of carbonyl (C=O) groups excluding carboxylic acids is 1. The largest absolute Gasteiger partial charge is 0.379 e. The van der Waals surface area contributed by atoms with Gasteiger partial charge in [0.2, 0.25) is 0 Å². The number of nitrogens with zero attached hydrogens (tertiary/aromatic N) is 3. The molecule has 2 amide bonds. The van der Waals surface area contributed by atoms with Crippen molar-refractivity contribution in [2.24, 2.45) is 7.05 Å². The van der Waals surface area contributed by atoms with Crippen LogP contribution in [-0.2, 0) is 18.3 Å². The first-order chi connectivity index (χ1) is 10.9. The Morgan fingerprint density at radius 2 is 2.35 bits per heavy atom. The average molecular weight is 343 g/mol. The quantitative estimate of drug-likeness (QED) is 0.889. The van der Waals surface area contributed by atoms with Gasteiger partial charge in [-0.2, -0.15) is 0 Å². The highest BCUT2D eigenvalue weighted by Gasteiger charge is 2.24. The first kappa shape index (κ1) is 18.1. The Kier molecular flexibility index (Phi) is 6.33. The average Bonchev–Trinajstić information content (AvgIpc) is 2.82. The van der Waals surface area contributed by atoms with E-state index in [9.17, 15) is 4.79 Å². The van der Waals surface area contributed by atoms with Crippen LogP contribution in [0.1, 0.15) is 19.5 Å². The molecule has 1 saturated heterocycles. The van der Waals surface area contributed by atoms with E-state index in [2.05, 4.69) is 24.1 Å². The highest BCUT2D eigenvalue weighted by Crippen LogP contribution is 2.14. The van der Waals surface area contributed by atoms with E-state index in [0.717, 1.165) is 25.5 Å². The number of halogens is 1. The van der Waals surface area contributed by atoms with Crippen molar-refractivity contribution in [2.45, 2.75) is 32.5 Å². The van der Waals surface area contributed by atoms with Gasteiger partial charge in [0.25, 0.3) is 0 Å². The molecule has 0 radical (unpaired) electrons. The van der Waals surface area contributed by atoms with Crippen LogP contribution in [0.2, 0.25) is 5.02 Å². The minimum absolute atomic E-state index is 0.0740. The van der Waals surface area contributed by atoms with Crippen LogP contribution in [0, 0.1) is 0 Å². The summed E-state index contributed by atoms with van der Waals surface area (Å²) < 4.78 is 7.39. The van der Waals surface area contributed by atoms with Gasteiger partial charge in [-0.1, -0.05) is 11.6 Å². The van der Waals surface area contributed by atoms with Crippen molar-refractivity contribution < 1.29 is 9.53 Å². The molecule has 1 N–H and O–H groups in total. The van der Waals surface area contributed by atoms with Gasteiger partial charge in [-0.15, -0.1) is 0 Å². The van der Waals surface area contributed by atoms with Crippen molar-refractivity contribution in [3.63, 3.8) is 0 Å². The molecule has 0 aromatic carbocycles. The third-order valence-electron chi connectivity index (χ3n) is 4.35. The number of aromatic nitrogens is 1. The summed E-state index contributed by atoms with van der Waals surface area (Å²) in [6.45, 7) is 7.87. The van der Waals surface area contributed by atoms with Crippen molar-refractivity contribution in [3.8, 4) is 0 Å². The highest BCUT2D eigenvalue weighted by molar-refractivity contribution is 6.30. The number of ether oxygens (including phenoxy) is 1. The maximum atomic E-state index is 12.3. The lowest BCUT2D eigenvalue weighted by Crippen LogP contribution is -2.52. The van der Waals surface area contributed by atoms with E-state index in [1.807, 2.05) is 23.9 Å². The molecule has 1 aromatic heterocycles. The summed E-state index contributed by atoms with van der Waals surface area (Å²) in [5.74, 6) is 0. The molecule has 130 valence electrons. The third kappa shape index (κ3) is 4.86. The molecule has 2 rings (SSSR count). The van der Waals surface area contributed by atoms with Gasteiger partial charge < -0.3 is 19.5 Å². The van der Waals surface area contributed by atoms with E-state index in [4.69, 9.17) is 16.3 Å². The fraction of sp³-hybridized carbons (Fsp3) is 0.688. The van der Waals surface area contributed by atoms with Crippen LogP contribution < -0.4 is 5.32 Å². The number of rotatable bonds is 5. The Morgan fingerprint density at radius 3 is 2.96 bits per heavy atom. The highest BCUT2D eigenvalue weighted by atomic mass is 35.5. The summed E-state index contributed by atoms with van der Waals surface area (Å²) in [5, 5.41) is 3.70. The first-order valence-electron chi connectivity index (χ1n) is 8.01. The first-order valence-corrected chi connectivity index (χ1v) is 8.39. The molecule has 2 atom stereocenters. The maximum Gasteiger partial charge on any atom is 0.317 e. The zero-order valence-corrected chi connectivity index (χ0v) is 15.1. The summed E-state index contributed by atoms with van der Waals surface area (Å²) in [6.07, 6.45) is 1.84. The topological polar surface area (TPSA) is 49.7 Å². The van der Waals surface area contributed by atoms with Gasteiger partial charge in [-0.25, -0.2) is 4.79 Å². The minimum Gasteiger partial charge on any atom is -0.379 e. The number of morpholine rings is 1. The van der Waals surface area contributed by atoms with Crippen molar-refractivity contribution in [1.29, 1.82) is 0 Å². The maximum absolute atomic E-state index is 12.3. The SMILES string of the molecule is C[C@@H](CNC(=O)N(C)Cc1cc(Cl)cn1C)N1CCOC[C@@H]1C. The fourth-order valence-corrected chi connectivity index (χ4v) is 3.19. The molecule has 1 aliphatic rings. The second-order valence-corrected chi connectivity index (χ2v) is 6.75. The van der Waals surface area contributed by atoms with Gasteiger partial charge in [0, 0.05) is 51.2 Å². The number of hydrogen-bond donors (Lipinski definition) is 1. The van der Waals surface area contributed by atoms with Crippen LogP contribution in [0.5, 0.6) is 0 Å². The van der Waals surface area contributed by atoms with Gasteiger partial charge in [0.15, 0.2) is 0 Å². The second-order valence-electron chi connectivity index (χ2n) is 6.31. The molecule has 1 aliphatic heterocycles. The Labute approximate surface area is 143 Å². The zero-order valence-electron chi connectivity index (χ0n) is 14.4. The van der Waals surface area contributed by atoms with E-state index in [-0.39, 0.29) is 12.1 Å². The van der Waals surface area contributed by atoms with E-state index in [1.54, 1.807) is 11.9 Å². The number of hydrogen-bond acceptors (Lipinski definition) is 3. The fourth-order valence-electron chi connectivity index (χ4n) is 2.92. The molecular weight excluding hydrogens is 316 g/mol. The van der Waals surface area contributed by atoms with Crippen molar-refractivity contribution in [2.75, 3.05) is 33.4 Å². The molecule has 7 heteroatoms. The standard InChI is InChI=1S/C16H27ClN4O2/c1-12(21-5-6-23-11-13(21)2)8-18-16(22)20(4)10-15-7-14(17)9-19(15)3/h7,9,12-13H,5-6,8,10-11H2,1-4H3,(H,18,22)/t12-,13-/m0/s1. The molecule has 6 nitrogen and oxygen atoms in total. The summed E-state index contributed by atoms with van der Waals surface area (Å²) in [6, 6.07) is 2.48. The summed E-state index contributed by atoms with van der Waals surface area (Å²) in [4.78, 5) is 16.3. The van der Waals surface area contributed by atoms with Crippen molar-refractivity contribution in [3.05, 3.63) is 23.0 Å². The lowest BCUT2D eigenvalue weighted by atomic mass is 10.2. The van der Waals surface area contributed by atoms with Crippen LogP contribution in [0.15, 0.2) is 12.3 Å². The molecule has 0 saturated carbocycles. The van der Waals surface area contributed by atoms with Crippen LogP contribution in [-0.4, -0.2) is 65.8 Å². The van der Waals surface area contributed by atoms with Crippen LogP contribution in [0.4, 0.5) is 4.79 Å². The van der Waals surface area contributed by atoms with Gasteiger partial charge in [0.1, 0.15) is 0 Å². The van der Waals surface area contributed by atoms with Gasteiger partial charge in [0.05, 0.1) is 24.8 Å². The Balaban J connectivity index is 1.80. The molecule has 0 bridgehead atoms. The normalized spacial score (nSPS) is 20.3. The molecule has 1 aromatic rings. The predicted octanol–water partition coefficient (Wildman–Crippen LogP) is 1.93. The van der Waals surface area contributed by atoms with Crippen LogP contribution >= 0.6 is 11.6 Å². The summed E-state index contributed by atoms with van der Waals surface area (Å²) >= 11 is 5.98. The molecule has 0 aliphatic carbocycles. The predicted molar refractivity (Wildman–Crippen MR) is 91.7 cm³/mol. The summed E-state index contributed by atoms with van der Waals surface area (Å²) in [7, 11) is 3.72. The number of aryl methyl sites for hydroxylation is 1. The molecule has 1 fully saturated rings. The van der Waals surface area contributed by atoms with Crippen molar-refractivity contribution >= 4 is 17.6 Å². The number of carbonyl (C=O) groups is 1. The smallest absolute Gasteiger partial charge is 0.317 e. The van der Waals surface area contributed by atoms with E-state index < -0.39 is 0 Å². The molecule has 0 spiro atoms. The van der Waals surface area contributed by atoms with E-state index in [1.165, 1.54) is 0 Å². The van der Waals surface area contributed by atoms with Crippen LogP contribution in [0.3, 0.4) is 0 Å².